The van der Waals surface area contributed by atoms with Crippen molar-refractivity contribution < 1.29 is 8.91 Å². The molecule has 0 atom stereocenters. The minimum atomic E-state index is -0.385. The first-order valence-corrected chi connectivity index (χ1v) is 10.8. The zero-order valence-corrected chi connectivity index (χ0v) is 18.0. The van der Waals surface area contributed by atoms with Gasteiger partial charge >= 0.3 is 0 Å². The zero-order chi connectivity index (χ0) is 21.1. The molecule has 0 saturated heterocycles. The van der Waals surface area contributed by atoms with Gasteiger partial charge in [-0.15, -0.1) is 10.2 Å². The van der Waals surface area contributed by atoms with Crippen molar-refractivity contribution >= 4 is 23.4 Å². The standard InChI is InChI=1S/C21H19ClFN5OS/c1-13(2)11-18-24-19(29-27-18)12-30-21-26-25-20(14-7-3-4-8-15(14)22)28(21)17-10-6-5-9-16(17)23/h3-10,13H,11-12H2,1-2H3. The molecule has 2 heterocycles. The normalized spacial score (nSPS) is 11.4. The Labute approximate surface area is 182 Å². The number of thioether (sulfide) groups is 1. The summed E-state index contributed by atoms with van der Waals surface area (Å²) in [4.78, 5) is 4.41. The van der Waals surface area contributed by atoms with E-state index in [1.54, 1.807) is 28.8 Å². The summed E-state index contributed by atoms with van der Waals surface area (Å²) in [5, 5.41) is 13.6. The van der Waals surface area contributed by atoms with Crippen LogP contribution in [0.3, 0.4) is 0 Å². The van der Waals surface area contributed by atoms with Gasteiger partial charge in [-0.25, -0.2) is 4.39 Å². The zero-order valence-electron chi connectivity index (χ0n) is 16.4. The van der Waals surface area contributed by atoms with Gasteiger partial charge in [0.15, 0.2) is 16.8 Å². The van der Waals surface area contributed by atoms with Crippen LogP contribution >= 0.6 is 23.4 Å². The molecule has 30 heavy (non-hydrogen) atoms. The molecule has 0 radical (unpaired) electrons. The number of aromatic nitrogens is 5. The highest BCUT2D eigenvalue weighted by atomic mass is 35.5. The van der Waals surface area contributed by atoms with Crippen LogP contribution in [0.15, 0.2) is 58.2 Å². The van der Waals surface area contributed by atoms with Gasteiger partial charge in [-0.05, 0) is 30.2 Å². The first kappa shape index (κ1) is 20.6. The van der Waals surface area contributed by atoms with Crippen molar-refractivity contribution in [1.82, 2.24) is 24.9 Å². The molecule has 4 aromatic rings. The molecule has 0 N–H and O–H groups in total. The van der Waals surface area contributed by atoms with Gasteiger partial charge in [-0.1, -0.05) is 66.6 Å². The minimum Gasteiger partial charge on any atom is -0.338 e. The molecule has 6 nitrogen and oxygen atoms in total. The van der Waals surface area contributed by atoms with Gasteiger partial charge in [0.2, 0.25) is 5.89 Å². The highest BCUT2D eigenvalue weighted by Gasteiger charge is 2.21. The molecule has 4 rings (SSSR count). The van der Waals surface area contributed by atoms with Gasteiger partial charge < -0.3 is 4.52 Å². The number of nitrogens with zero attached hydrogens (tertiary/aromatic N) is 5. The Balaban J connectivity index is 1.69. The summed E-state index contributed by atoms with van der Waals surface area (Å²) in [6.45, 7) is 4.19. The minimum absolute atomic E-state index is 0.339. The Morgan fingerprint density at radius 2 is 1.87 bits per heavy atom. The molecule has 0 bridgehead atoms. The highest BCUT2D eigenvalue weighted by Crippen LogP contribution is 2.33. The molecule has 9 heteroatoms. The average molecular weight is 444 g/mol. The molecule has 2 aromatic heterocycles. The number of rotatable bonds is 7. The lowest BCUT2D eigenvalue weighted by molar-refractivity contribution is 0.382. The molecule has 0 spiro atoms. The van der Waals surface area contributed by atoms with Crippen molar-refractivity contribution in [2.45, 2.75) is 31.2 Å². The second kappa shape index (κ2) is 8.97. The van der Waals surface area contributed by atoms with E-state index in [2.05, 4.69) is 34.2 Å². The van der Waals surface area contributed by atoms with Crippen LogP contribution in [-0.2, 0) is 12.2 Å². The third-order valence-electron chi connectivity index (χ3n) is 4.27. The van der Waals surface area contributed by atoms with Crippen molar-refractivity contribution in [3.63, 3.8) is 0 Å². The van der Waals surface area contributed by atoms with Gasteiger partial charge in [0.1, 0.15) is 5.82 Å². The summed E-state index contributed by atoms with van der Waals surface area (Å²) in [6.07, 6.45) is 0.746. The number of para-hydroxylation sites is 1. The Morgan fingerprint density at radius 3 is 2.63 bits per heavy atom. The van der Waals surface area contributed by atoms with Crippen LogP contribution in [0.25, 0.3) is 17.1 Å². The van der Waals surface area contributed by atoms with Crippen molar-refractivity contribution in [3.8, 4) is 17.1 Å². The van der Waals surface area contributed by atoms with E-state index in [1.165, 1.54) is 17.8 Å². The predicted molar refractivity (Wildman–Crippen MR) is 114 cm³/mol. The quantitative estimate of drug-likeness (QED) is 0.346. The van der Waals surface area contributed by atoms with Gasteiger partial charge in [-0.2, -0.15) is 4.98 Å². The van der Waals surface area contributed by atoms with E-state index < -0.39 is 0 Å². The third-order valence-corrected chi connectivity index (χ3v) is 5.51. The molecule has 0 aliphatic carbocycles. The summed E-state index contributed by atoms with van der Waals surface area (Å²) in [5.74, 6) is 2.06. The van der Waals surface area contributed by atoms with Gasteiger partial charge in [0, 0.05) is 12.0 Å². The Kier molecular flexibility index (Phi) is 6.15. The van der Waals surface area contributed by atoms with Gasteiger partial charge in [0.25, 0.3) is 0 Å². The lowest BCUT2D eigenvalue weighted by atomic mass is 10.1. The molecule has 0 aliphatic heterocycles. The van der Waals surface area contributed by atoms with Crippen molar-refractivity contribution in [2.75, 3.05) is 0 Å². The summed E-state index contributed by atoms with van der Waals surface area (Å²) >= 11 is 7.71. The molecule has 2 aromatic carbocycles. The van der Waals surface area contributed by atoms with E-state index in [-0.39, 0.29) is 5.82 Å². The lowest BCUT2D eigenvalue weighted by Gasteiger charge is -2.11. The topological polar surface area (TPSA) is 69.6 Å². The van der Waals surface area contributed by atoms with Gasteiger partial charge in [-0.3, -0.25) is 4.57 Å². The third kappa shape index (κ3) is 4.39. The fraction of sp³-hybridized carbons (Fsp3) is 0.238. The van der Waals surface area contributed by atoms with E-state index in [0.717, 1.165) is 6.42 Å². The fourth-order valence-corrected chi connectivity index (χ4v) is 3.96. The summed E-state index contributed by atoms with van der Waals surface area (Å²) in [5.41, 5.74) is 1.00. The molecule has 0 unspecified atom stereocenters. The number of benzene rings is 2. The largest absolute Gasteiger partial charge is 0.338 e. The molecule has 154 valence electrons. The average Bonchev–Trinajstić information content (AvgIpc) is 3.33. The van der Waals surface area contributed by atoms with E-state index in [9.17, 15) is 4.39 Å². The van der Waals surface area contributed by atoms with Crippen LogP contribution in [0.5, 0.6) is 0 Å². The van der Waals surface area contributed by atoms with E-state index >= 15 is 0 Å². The summed E-state index contributed by atoms with van der Waals surface area (Å²) in [7, 11) is 0. The van der Waals surface area contributed by atoms with E-state index in [4.69, 9.17) is 16.1 Å². The molecular formula is C21H19ClFN5OS. The molecule has 0 amide bonds. The van der Waals surface area contributed by atoms with Gasteiger partial charge in [0.05, 0.1) is 16.5 Å². The smallest absolute Gasteiger partial charge is 0.237 e. The van der Waals surface area contributed by atoms with Crippen molar-refractivity contribution in [1.29, 1.82) is 0 Å². The van der Waals surface area contributed by atoms with Crippen molar-refractivity contribution in [3.05, 3.63) is 71.1 Å². The van der Waals surface area contributed by atoms with Crippen molar-refractivity contribution in [2.24, 2.45) is 5.92 Å². The molecule has 0 aliphatic rings. The SMILES string of the molecule is CC(C)Cc1noc(CSc2nnc(-c3ccccc3Cl)n2-c2ccccc2F)n1. The predicted octanol–water partition coefficient (Wildman–Crippen LogP) is 5.60. The van der Waals surface area contributed by atoms with Crippen LogP contribution in [-0.4, -0.2) is 24.9 Å². The van der Waals surface area contributed by atoms with Crippen LogP contribution in [0, 0.1) is 11.7 Å². The van der Waals surface area contributed by atoms with E-state index in [1.807, 2.05) is 18.2 Å². The second-order valence-electron chi connectivity index (χ2n) is 7.06. The van der Waals surface area contributed by atoms with Crippen LogP contribution in [0.2, 0.25) is 5.02 Å². The summed E-state index contributed by atoms with van der Waals surface area (Å²) < 4.78 is 21.6. The highest BCUT2D eigenvalue weighted by molar-refractivity contribution is 7.98. The Bertz CT molecular complexity index is 1160. The molecule has 0 saturated carbocycles. The van der Waals surface area contributed by atoms with Crippen LogP contribution < -0.4 is 0 Å². The van der Waals surface area contributed by atoms with Crippen LogP contribution in [0.1, 0.15) is 25.6 Å². The van der Waals surface area contributed by atoms with E-state index in [0.29, 0.717) is 50.6 Å². The Morgan fingerprint density at radius 1 is 1.10 bits per heavy atom. The summed E-state index contributed by atoms with van der Waals surface area (Å²) in [6, 6.07) is 13.7. The number of halogens is 2. The molecular weight excluding hydrogens is 425 g/mol. The lowest BCUT2D eigenvalue weighted by Crippen LogP contribution is -2.02. The monoisotopic (exact) mass is 443 g/mol. The second-order valence-corrected chi connectivity index (χ2v) is 8.41. The maximum Gasteiger partial charge on any atom is 0.237 e. The fourth-order valence-electron chi connectivity index (χ4n) is 2.95. The first-order valence-electron chi connectivity index (χ1n) is 9.42. The Hall–Kier alpha value is -2.71. The number of hydrogen-bond acceptors (Lipinski definition) is 6. The van der Waals surface area contributed by atoms with Crippen LogP contribution in [0.4, 0.5) is 4.39 Å². The first-order chi connectivity index (χ1) is 14.5. The molecule has 0 fully saturated rings. The number of hydrogen-bond donors (Lipinski definition) is 0. The maximum atomic E-state index is 14.7. The maximum absolute atomic E-state index is 14.7.